The Morgan fingerprint density at radius 1 is 2.00 bits per heavy atom. The molecule has 0 aliphatic carbocycles. The van der Waals surface area contributed by atoms with Crippen molar-refractivity contribution in [3.8, 4) is 0 Å². The van der Waals surface area contributed by atoms with Crippen LogP contribution in [0, 0.1) is 0 Å². The minimum atomic E-state index is -1.01. The van der Waals surface area contributed by atoms with E-state index in [1.54, 1.807) is 0 Å². The van der Waals surface area contributed by atoms with Gasteiger partial charge >= 0.3 is 5.97 Å². The third-order valence-electron chi connectivity index (χ3n) is 0.833. The number of carboxylic acid groups (broad SMARTS) is 1. The molecule has 5 heteroatoms. The molecule has 0 bridgehead atoms. The van der Waals surface area contributed by atoms with E-state index in [4.69, 9.17) is 13.1 Å². The summed E-state index contributed by atoms with van der Waals surface area (Å²) < 4.78 is 4.53. The summed E-state index contributed by atoms with van der Waals surface area (Å²) in [5.41, 5.74) is 0. The van der Waals surface area contributed by atoms with Crippen molar-refractivity contribution in [1.82, 2.24) is 5.23 Å². The molecule has 0 unspecified atom stereocenters. The van der Waals surface area contributed by atoms with Crippen LogP contribution in [0.1, 0.15) is 0 Å². The van der Waals surface area contributed by atoms with E-state index >= 15 is 0 Å². The highest BCUT2D eigenvalue weighted by Gasteiger charge is 2.12. The van der Waals surface area contributed by atoms with Gasteiger partial charge in [0.15, 0.2) is 7.98 Å². The van der Waals surface area contributed by atoms with Crippen molar-refractivity contribution in [2.24, 2.45) is 0 Å². The molecule has 0 aliphatic heterocycles. The Hall–Kier alpha value is -0.545. The van der Waals surface area contributed by atoms with Crippen LogP contribution in [0.4, 0.5) is 0 Å². The van der Waals surface area contributed by atoms with Gasteiger partial charge in [-0.2, -0.15) is 0 Å². The number of carboxylic acids is 1. The molecule has 0 aromatic heterocycles. The fourth-order valence-corrected chi connectivity index (χ4v) is 0.357. The second-order valence-corrected chi connectivity index (χ2v) is 1.51. The van der Waals surface area contributed by atoms with E-state index in [1.165, 1.54) is 7.11 Å². The number of nitrogens with one attached hydrogen (secondary N) is 1. The van der Waals surface area contributed by atoms with Gasteiger partial charge in [-0.1, -0.05) is 0 Å². The lowest BCUT2D eigenvalue weighted by molar-refractivity contribution is -0.140. The lowest BCUT2D eigenvalue weighted by Crippen LogP contribution is -2.38. The maximum absolute atomic E-state index is 10.1. The van der Waals surface area contributed by atoms with Gasteiger partial charge in [-0.25, -0.2) is 0 Å². The number of rotatable bonds is 4. The van der Waals surface area contributed by atoms with Crippen LogP contribution in [0.25, 0.3) is 0 Å². The average molecular weight is 129 g/mol. The number of hydrogen-bond acceptors (Lipinski definition) is 3. The van der Waals surface area contributed by atoms with Crippen LogP contribution < -0.4 is 5.23 Å². The van der Waals surface area contributed by atoms with Crippen molar-refractivity contribution in [3.05, 3.63) is 0 Å². The second-order valence-electron chi connectivity index (χ2n) is 1.51. The molecule has 1 atom stereocenters. The normalized spacial score (nSPS) is 13.0. The molecule has 0 aliphatic rings. The van der Waals surface area contributed by atoms with E-state index < -0.39 is 12.0 Å². The fraction of sp³-hybridized carbons (Fsp3) is 0.750. The van der Waals surface area contributed by atoms with Crippen LogP contribution in [0.3, 0.4) is 0 Å². The fourth-order valence-electron chi connectivity index (χ4n) is 0.357. The Morgan fingerprint density at radius 2 is 2.56 bits per heavy atom. The van der Waals surface area contributed by atoms with Crippen molar-refractivity contribution < 1.29 is 14.6 Å². The molecule has 0 rings (SSSR count). The Labute approximate surface area is 54.6 Å². The summed E-state index contributed by atoms with van der Waals surface area (Å²) in [5, 5.41) is 10.4. The Bertz CT molecular complexity index is 97.8. The molecule has 2 radical (unpaired) electrons. The van der Waals surface area contributed by atoms with Gasteiger partial charge in [0.25, 0.3) is 0 Å². The summed E-state index contributed by atoms with van der Waals surface area (Å²) in [6.07, 6.45) is 0. The monoisotopic (exact) mass is 129 g/mol. The molecule has 0 aromatic rings. The topological polar surface area (TPSA) is 58.6 Å². The van der Waals surface area contributed by atoms with Gasteiger partial charge in [-0.3, -0.25) is 4.79 Å². The van der Waals surface area contributed by atoms with Gasteiger partial charge in [0.05, 0.1) is 6.61 Å². The van der Waals surface area contributed by atoms with Gasteiger partial charge in [0.1, 0.15) is 6.04 Å². The number of carbonyl (C=O) groups is 1. The Kier molecular flexibility index (Phi) is 4.08. The number of aliphatic carboxylic acids is 1. The molecule has 9 heavy (non-hydrogen) atoms. The quantitative estimate of drug-likeness (QED) is 0.466. The van der Waals surface area contributed by atoms with Crippen LogP contribution in [0.15, 0.2) is 0 Å². The lowest BCUT2D eigenvalue weighted by Gasteiger charge is -2.08. The summed E-state index contributed by atoms with van der Waals surface area (Å²) in [6, 6.07) is -0.810. The first kappa shape index (κ1) is 8.45. The smallest absolute Gasteiger partial charge is 0.322 e. The third kappa shape index (κ3) is 3.10. The molecule has 0 fully saturated rings. The molecule has 4 nitrogen and oxygen atoms in total. The third-order valence-corrected chi connectivity index (χ3v) is 0.833. The highest BCUT2D eigenvalue weighted by atomic mass is 16.5. The van der Waals surface area contributed by atoms with Gasteiger partial charge in [-0.15, -0.1) is 0 Å². The first-order chi connectivity index (χ1) is 4.22. The maximum Gasteiger partial charge on any atom is 0.322 e. The van der Waals surface area contributed by atoms with Crippen LogP contribution >= 0.6 is 0 Å². The molecular weight excluding hydrogens is 121 g/mol. The first-order valence-corrected chi connectivity index (χ1v) is 2.40. The summed E-state index contributed by atoms with van der Waals surface area (Å²) in [6.45, 7) is 0.0752. The van der Waals surface area contributed by atoms with Gasteiger partial charge in [0.2, 0.25) is 0 Å². The molecule has 0 aromatic carbocycles. The average Bonchev–Trinajstić information content (AvgIpc) is 1.82. The zero-order valence-electron chi connectivity index (χ0n) is 5.13. The maximum atomic E-state index is 10.1. The van der Waals surface area contributed by atoms with E-state index in [0.717, 1.165) is 0 Å². The molecule has 0 amide bonds. The van der Waals surface area contributed by atoms with Gasteiger partial charge < -0.3 is 15.1 Å². The lowest BCUT2D eigenvalue weighted by atomic mass is 10.2. The van der Waals surface area contributed by atoms with Crippen LogP contribution in [-0.4, -0.2) is 38.8 Å². The molecule has 50 valence electrons. The Balaban J connectivity index is 3.54. The second kappa shape index (κ2) is 4.35. The summed E-state index contributed by atoms with van der Waals surface area (Å²) in [5.74, 6) is -1.01. The van der Waals surface area contributed by atoms with Crippen LogP contribution in [-0.2, 0) is 9.53 Å². The van der Waals surface area contributed by atoms with E-state index in [-0.39, 0.29) is 6.61 Å². The Morgan fingerprint density at radius 3 is 2.67 bits per heavy atom. The molecule has 0 heterocycles. The van der Waals surface area contributed by atoms with Crippen molar-refractivity contribution in [3.63, 3.8) is 0 Å². The predicted molar refractivity (Wildman–Crippen MR) is 32.2 cm³/mol. The summed E-state index contributed by atoms with van der Waals surface area (Å²) in [7, 11) is 6.26. The minimum absolute atomic E-state index is 0.0752. The molecule has 2 N–H and O–H groups in total. The first-order valence-electron chi connectivity index (χ1n) is 2.40. The minimum Gasteiger partial charge on any atom is -0.480 e. The van der Waals surface area contributed by atoms with Gasteiger partial charge in [-0.05, 0) is 0 Å². The highest BCUT2D eigenvalue weighted by molar-refractivity contribution is 6.06. The van der Waals surface area contributed by atoms with Crippen molar-refractivity contribution in [2.75, 3.05) is 13.7 Å². The zero-order valence-corrected chi connectivity index (χ0v) is 5.13. The van der Waals surface area contributed by atoms with E-state index in [2.05, 4.69) is 9.96 Å². The zero-order chi connectivity index (χ0) is 7.28. The van der Waals surface area contributed by atoms with Crippen molar-refractivity contribution >= 4 is 14.0 Å². The van der Waals surface area contributed by atoms with Crippen LogP contribution in [0.2, 0.25) is 0 Å². The molecule has 0 saturated heterocycles. The summed E-state index contributed by atoms with van der Waals surface area (Å²) >= 11 is 0. The highest BCUT2D eigenvalue weighted by Crippen LogP contribution is 1.81. The van der Waals surface area contributed by atoms with Crippen molar-refractivity contribution in [2.45, 2.75) is 6.04 Å². The van der Waals surface area contributed by atoms with Gasteiger partial charge in [0, 0.05) is 7.11 Å². The number of methoxy groups -OCH3 is 1. The SMILES string of the molecule is [B]N[C@@H](COC)C(=O)O. The summed E-state index contributed by atoms with van der Waals surface area (Å²) in [4.78, 5) is 10.1. The molecular formula is C4H8BNO3. The number of ether oxygens (including phenoxy) is 1. The van der Waals surface area contributed by atoms with Crippen LogP contribution in [0.5, 0.6) is 0 Å². The van der Waals surface area contributed by atoms with E-state index in [1.807, 2.05) is 0 Å². The van der Waals surface area contributed by atoms with E-state index in [0.29, 0.717) is 0 Å². The van der Waals surface area contributed by atoms with Crippen molar-refractivity contribution in [1.29, 1.82) is 0 Å². The predicted octanol–water partition coefficient (Wildman–Crippen LogP) is -1.24. The van der Waals surface area contributed by atoms with E-state index in [9.17, 15) is 4.79 Å². The number of hydrogen-bond donors (Lipinski definition) is 2. The molecule has 0 saturated carbocycles. The largest absolute Gasteiger partial charge is 0.480 e. The molecule has 0 spiro atoms. The standard InChI is InChI=1S/C4H8BNO3/c1-9-2-3(6-5)4(7)8/h3,6H,2H2,1H3,(H,7,8)/t3-/m0/s1.